The maximum atomic E-state index is 13.1. The second-order valence-corrected chi connectivity index (χ2v) is 8.48. The Morgan fingerprint density at radius 3 is 2.55 bits per heavy atom. The van der Waals surface area contributed by atoms with E-state index >= 15 is 0 Å². The number of hydrogen-bond acceptors (Lipinski definition) is 7. The molecule has 1 N–H and O–H groups in total. The molecule has 162 valence electrons. The Kier molecular flexibility index (Phi) is 4.97. The molecule has 1 fully saturated rings. The molecular weight excluding hydrogens is 435 g/mol. The highest BCUT2D eigenvalue weighted by Crippen LogP contribution is 2.40. The van der Waals surface area contributed by atoms with Crippen LogP contribution in [-0.4, -0.2) is 28.1 Å². The fourth-order valence-electron chi connectivity index (χ4n) is 3.63. The van der Waals surface area contributed by atoms with Gasteiger partial charge in [-0.25, -0.2) is 0 Å². The van der Waals surface area contributed by atoms with Crippen molar-refractivity contribution in [3.05, 3.63) is 73.6 Å². The van der Waals surface area contributed by atoms with Crippen molar-refractivity contribution in [2.75, 3.05) is 18.0 Å². The molecule has 0 radical (unpaired) electrons. The number of benzene rings is 2. The molecule has 11 heteroatoms. The van der Waals surface area contributed by atoms with Gasteiger partial charge in [0.2, 0.25) is 0 Å². The van der Waals surface area contributed by atoms with E-state index in [9.17, 15) is 33.2 Å². The van der Waals surface area contributed by atoms with Crippen molar-refractivity contribution in [1.29, 1.82) is 0 Å². The summed E-state index contributed by atoms with van der Waals surface area (Å²) in [5.41, 5.74) is -2.55. The number of halogens is 3. The molecule has 1 saturated heterocycles. The molecule has 7 nitrogen and oxygen atoms in total. The molecule has 2 aromatic carbocycles. The van der Waals surface area contributed by atoms with Crippen molar-refractivity contribution in [2.45, 2.75) is 25.1 Å². The average Bonchev–Trinajstić information content (AvgIpc) is 3.10. The smallest absolute Gasteiger partial charge is 0.383 e. The zero-order valence-electron chi connectivity index (χ0n) is 16.1. The van der Waals surface area contributed by atoms with Crippen LogP contribution >= 0.6 is 11.3 Å². The minimum Gasteiger partial charge on any atom is -0.383 e. The van der Waals surface area contributed by atoms with Crippen molar-refractivity contribution < 1.29 is 23.2 Å². The van der Waals surface area contributed by atoms with E-state index in [4.69, 9.17) is 0 Å². The molecule has 4 rings (SSSR count). The Morgan fingerprint density at radius 1 is 1.26 bits per heavy atom. The lowest BCUT2D eigenvalue weighted by atomic mass is 9.92. The van der Waals surface area contributed by atoms with Gasteiger partial charge in [0.05, 0.1) is 22.4 Å². The fraction of sp³-hybridized carbons (Fsp3) is 0.300. The highest BCUT2D eigenvalue weighted by molar-refractivity contribution is 7.22. The summed E-state index contributed by atoms with van der Waals surface area (Å²) in [7, 11) is 0. The third-order valence-corrected chi connectivity index (χ3v) is 6.49. The van der Waals surface area contributed by atoms with Gasteiger partial charge in [0.15, 0.2) is 5.13 Å². The average molecular weight is 451 g/mol. The van der Waals surface area contributed by atoms with E-state index in [1.165, 1.54) is 0 Å². The van der Waals surface area contributed by atoms with E-state index in [1.54, 1.807) is 17.0 Å². The Morgan fingerprint density at radius 2 is 1.94 bits per heavy atom. The molecule has 0 saturated carbocycles. The summed E-state index contributed by atoms with van der Waals surface area (Å²) in [6.45, 7) is 2.34. The lowest BCUT2D eigenvalue weighted by molar-refractivity contribution is -0.383. The number of anilines is 1. The SMILES string of the molecule is Cc1ccc([C@@]2(O)CCN(c3nc(=O)c4cc(C(F)(F)F)cc([N+](=O)[O-])c4s3)C2)cc1. The molecule has 1 aliphatic rings. The number of fused-ring (bicyclic) bond motifs is 1. The number of non-ortho nitro benzene ring substituents is 1. The van der Waals surface area contributed by atoms with Crippen LogP contribution in [0.1, 0.15) is 23.1 Å². The summed E-state index contributed by atoms with van der Waals surface area (Å²) in [6.07, 6.45) is -4.50. The third kappa shape index (κ3) is 3.86. The van der Waals surface area contributed by atoms with Gasteiger partial charge in [-0.3, -0.25) is 14.9 Å². The first kappa shape index (κ1) is 21.2. The van der Waals surface area contributed by atoms with Gasteiger partial charge in [0, 0.05) is 12.6 Å². The monoisotopic (exact) mass is 451 g/mol. The Balaban J connectivity index is 1.77. The second kappa shape index (κ2) is 7.27. The third-order valence-electron chi connectivity index (χ3n) is 5.32. The highest BCUT2D eigenvalue weighted by Gasteiger charge is 2.39. The summed E-state index contributed by atoms with van der Waals surface area (Å²) in [5.74, 6) is 0. The van der Waals surface area contributed by atoms with E-state index < -0.39 is 38.9 Å². The topological polar surface area (TPSA) is 96.6 Å². The summed E-state index contributed by atoms with van der Waals surface area (Å²) in [4.78, 5) is 28.5. The molecular formula is C20H16F3N3O4S. The standard InChI is InChI=1S/C20H16F3N3O4S/c1-11-2-4-12(5-3-11)19(28)6-7-25(10-19)18-24-17(27)14-8-13(20(21,22)23)9-15(26(29)30)16(14)31-18/h2-5,8-9,28H,6-7,10H2,1H3/t19-/m1/s1. The molecule has 1 atom stereocenters. The van der Waals surface area contributed by atoms with Crippen LogP contribution in [0.2, 0.25) is 0 Å². The molecule has 1 aromatic heterocycles. The minimum atomic E-state index is -4.84. The number of nitro benzene ring substituents is 1. The van der Waals surface area contributed by atoms with Gasteiger partial charge >= 0.3 is 6.18 Å². The normalized spacial score (nSPS) is 19.2. The highest BCUT2D eigenvalue weighted by atomic mass is 32.1. The number of nitrogens with zero attached hydrogens (tertiary/aromatic N) is 3. The lowest BCUT2D eigenvalue weighted by Gasteiger charge is -2.24. The van der Waals surface area contributed by atoms with E-state index in [0.717, 1.165) is 16.9 Å². The number of nitro groups is 1. The van der Waals surface area contributed by atoms with Crippen LogP contribution in [0.5, 0.6) is 0 Å². The van der Waals surface area contributed by atoms with E-state index in [-0.39, 0.29) is 16.4 Å². The fourth-order valence-corrected chi connectivity index (χ4v) is 4.72. The van der Waals surface area contributed by atoms with Gasteiger partial charge in [-0.05, 0) is 25.0 Å². The van der Waals surface area contributed by atoms with Crippen molar-refractivity contribution in [3.8, 4) is 0 Å². The van der Waals surface area contributed by atoms with E-state index in [1.807, 2.05) is 19.1 Å². The van der Waals surface area contributed by atoms with Gasteiger partial charge in [-0.1, -0.05) is 41.2 Å². The van der Waals surface area contributed by atoms with Crippen LogP contribution in [0.4, 0.5) is 24.0 Å². The van der Waals surface area contributed by atoms with Gasteiger partial charge in [-0.2, -0.15) is 18.2 Å². The molecule has 31 heavy (non-hydrogen) atoms. The van der Waals surface area contributed by atoms with Crippen molar-refractivity contribution in [3.63, 3.8) is 0 Å². The number of aliphatic hydroxyl groups is 1. The van der Waals surface area contributed by atoms with Gasteiger partial charge < -0.3 is 10.0 Å². The van der Waals surface area contributed by atoms with Gasteiger partial charge in [0.25, 0.3) is 11.2 Å². The summed E-state index contributed by atoms with van der Waals surface area (Å²) in [6, 6.07) is 8.35. The van der Waals surface area contributed by atoms with E-state index in [2.05, 4.69) is 4.98 Å². The van der Waals surface area contributed by atoms with Crippen LogP contribution in [0.15, 0.2) is 41.2 Å². The molecule has 0 aliphatic carbocycles. The first-order valence-electron chi connectivity index (χ1n) is 9.23. The molecule has 0 unspecified atom stereocenters. The predicted molar refractivity (Wildman–Crippen MR) is 109 cm³/mol. The number of rotatable bonds is 3. The molecule has 3 aromatic rings. The number of aryl methyl sites for hydroxylation is 1. The van der Waals surface area contributed by atoms with Crippen molar-refractivity contribution in [1.82, 2.24) is 4.98 Å². The van der Waals surface area contributed by atoms with Crippen LogP contribution in [0, 0.1) is 17.0 Å². The zero-order valence-corrected chi connectivity index (χ0v) is 17.0. The summed E-state index contributed by atoms with van der Waals surface area (Å²) in [5, 5.41) is 22.1. The molecule has 1 aliphatic heterocycles. The Labute approximate surface area is 177 Å². The number of alkyl halides is 3. The van der Waals surface area contributed by atoms with Crippen LogP contribution in [0.3, 0.4) is 0 Å². The van der Waals surface area contributed by atoms with Gasteiger partial charge in [0.1, 0.15) is 10.3 Å². The Bertz CT molecular complexity index is 1240. The van der Waals surface area contributed by atoms with Crippen molar-refractivity contribution in [2.24, 2.45) is 0 Å². The van der Waals surface area contributed by atoms with Crippen LogP contribution in [0.25, 0.3) is 10.1 Å². The predicted octanol–water partition coefficient (Wildman–Crippen LogP) is 3.99. The Hall–Kier alpha value is -3.05. The summed E-state index contributed by atoms with van der Waals surface area (Å²) >= 11 is 0.766. The molecule has 0 amide bonds. The van der Waals surface area contributed by atoms with Gasteiger partial charge in [-0.15, -0.1) is 0 Å². The van der Waals surface area contributed by atoms with Crippen LogP contribution < -0.4 is 10.5 Å². The van der Waals surface area contributed by atoms with E-state index in [0.29, 0.717) is 30.7 Å². The van der Waals surface area contributed by atoms with Crippen LogP contribution in [-0.2, 0) is 11.8 Å². The molecule has 0 bridgehead atoms. The molecule has 2 heterocycles. The maximum absolute atomic E-state index is 13.1. The minimum absolute atomic E-state index is 0.0962. The number of hydrogen-bond donors (Lipinski definition) is 1. The first-order valence-corrected chi connectivity index (χ1v) is 10.0. The second-order valence-electron chi connectivity index (χ2n) is 7.50. The largest absolute Gasteiger partial charge is 0.416 e. The first-order chi connectivity index (χ1) is 14.5. The number of aromatic nitrogens is 1. The van der Waals surface area contributed by atoms with Crippen molar-refractivity contribution >= 4 is 32.2 Å². The quantitative estimate of drug-likeness (QED) is 0.478. The maximum Gasteiger partial charge on any atom is 0.416 e. The zero-order chi connectivity index (χ0) is 22.6. The summed E-state index contributed by atoms with van der Waals surface area (Å²) < 4.78 is 39.1. The molecule has 0 spiro atoms. The lowest BCUT2D eigenvalue weighted by Crippen LogP contribution is -2.31. The number of β-amino-alcohol motifs (C(OH)–C–C–N with tert-alkyl or cyclic N) is 1.